The number of aromatic hydroxyl groups is 3. The fourth-order valence-corrected chi connectivity index (χ4v) is 3.62. The molecule has 0 amide bonds. The Morgan fingerprint density at radius 2 is 1.72 bits per heavy atom. The average molecular weight is 397 g/mol. The Hall–Kier alpha value is -3.19. The third-order valence-corrected chi connectivity index (χ3v) is 5.17. The number of benzene rings is 2. The van der Waals surface area contributed by atoms with E-state index in [1.165, 1.54) is 49.6 Å². The first kappa shape index (κ1) is 19.1. The minimum atomic E-state index is -0.411. The number of ether oxygens (including phenoxy) is 1. The maximum absolute atomic E-state index is 12.5. The molecular weight excluding hydrogens is 374 g/mol. The van der Waals surface area contributed by atoms with Crippen molar-refractivity contribution >= 4 is 11.0 Å². The Bertz CT molecular complexity index is 1080. The molecule has 1 saturated heterocycles. The first-order valence-electron chi connectivity index (χ1n) is 9.69. The van der Waals surface area contributed by atoms with Crippen LogP contribution in [0.3, 0.4) is 0 Å². The minimum absolute atomic E-state index is 0.0696. The Balaban J connectivity index is 1.60. The van der Waals surface area contributed by atoms with E-state index < -0.39 is 5.43 Å². The second-order valence-electron chi connectivity index (χ2n) is 7.24. The van der Waals surface area contributed by atoms with Crippen LogP contribution in [0.25, 0.3) is 22.3 Å². The van der Waals surface area contributed by atoms with Gasteiger partial charge in [0.15, 0.2) is 16.9 Å². The van der Waals surface area contributed by atoms with Crippen molar-refractivity contribution in [2.75, 3.05) is 26.2 Å². The van der Waals surface area contributed by atoms with Crippen LogP contribution < -0.4 is 10.2 Å². The normalized spacial score (nSPS) is 14.9. The molecule has 7 nitrogen and oxygen atoms in total. The molecular formula is C22H23NO6. The van der Waals surface area contributed by atoms with E-state index in [9.17, 15) is 20.1 Å². The van der Waals surface area contributed by atoms with Crippen LogP contribution in [0.1, 0.15) is 19.3 Å². The highest BCUT2D eigenvalue weighted by Gasteiger charge is 2.15. The van der Waals surface area contributed by atoms with Crippen molar-refractivity contribution in [1.82, 2.24) is 4.90 Å². The topological polar surface area (TPSA) is 103 Å². The van der Waals surface area contributed by atoms with E-state index in [-0.39, 0.29) is 34.0 Å². The van der Waals surface area contributed by atoms with Gasteiger partial charge in [0.2, 0.25) is 0 Å². The third kappa shape index (κ3) is 4.14. The highest BCUT2D eigenvalue weighted by molar-refractivity contribution is 5.86. The van der Waals surface area contributed by atoms with Gasteiger partial charge in [-0.05, 0) is 44.1 Å². The summed E-state index contributed by atoms with van der Waals surface area (Å²) in [6, 6.07) is 8.38. The van der Waals surface area contributed by atoms with Gasteiger partial charge in [-0.1, -0.05) is 6.42 Å². The van der Waals surface area contributed by atoms with E-state index >= 15 is 0 Å². The predicted octanol–water partition coefficient (Wildman–Crippen LogP) is 3.44. The molecule has 0 bridgehead atoms. The molecule has 0 radical (unpaired) electrons. The SMILES string of the molecule is O=c1cc(-c2ccc(O)c(O)c2)oc2cc(OCCN3CCCCC3)cc(O)c12. The molecule has 0 saturated carbocycles. The van der Waals surface area contributed by atoms with Gasteiger partial charge in [-0.15, -0.1) is 0 Å². The van der Waals surface area contributed by atoms with Gasteiger partial charge in [-0.3, -0.25) is 9.69 Å². The van der Waals surface area contributed by atoms with Gasteiger partial charge < -0.3 is 24.5 Å². The van der Waals surface area contributed by atoms with Crippen molar-refractivity contribution < 1.29 is 24.5 Å². The van der Waals surface area contributed by atoms with Crippen LogP contribution in [0.15, 0.2) is 45.6 Å². The zero-order valence-corrected chi connectivity index (χ0v) is 15.9. The number of piperidine rings is 1. The Kier molecular flexibility index (Phi) is 5.31. The smallest absolute Gasteiger partial charge is 0.197 e. The van der Waals surface area contributed by atoms with Crippen LogP contribution >= 0.6 is 0 Å². The Morgan fingerprint density at radius 1 is 0.931 bits per heavy atom. The number of phenols is 3. The number of likely N-dealkylation sites (tertiary alicyclic amines) is 1. The van der Waals surface area contributed by atoms with E-state index in [1.54, 1.807) is 6.07 Å². The molecule has 2 aromatic carbocycles. The third-order valence-electron chi connectivity index (χ3n) is 5.17. The molecule has 0 spiro atoms. The molecule has 0 aliphatic carbocycles. The maximum atomic E-state index is 12.5. The summed E-state index contributed by atoms with van der Waals surface area (Å²) in [4.78, 5) is 14.8. The maximum Gasteiger partial charge on any atom is 0.197 e. The van der Waals surface area contributed by atoms with E-state index in [0.29, 0.717) is 17.9 Å². The lowest BCUT2D eigenvalue weighted by atomic mass is 10.1. The summed E-state index contributed by atoms with van der Waals surface area (Å²) >= 11 is 0. The van der Waals surface area contributed by atoms with Crippen LogP contribution in [0, 0.1) is 0 Å². The van der Waals surface area contributed by atoms with Crippen LogP contribution in [-0.2, 0) is 0 Å². The zero-order valence-electron chi connectivity index (χ0n) is 15.9. The summed E-state index contributed by atoms with van der Waals surface area (Å²) < 4.78 is 11.6. The van der Waals surface area contributed by atoms with Crippen LogP contribution in [0.4, 0.5) is 0 Å². The number of rotatable bonds is 5. The lowest BCUT2D eigenvalue weighted by Gasteiger charge is -2.26. The number of fused-ring (bicyclic) bond motifs is 1. The number of phenolic OH excluding ortho intramolecular Hbond substituents is 3. The first-order chi connectivity index (χ1) is 14.0. The quantitative estimate of drug-likeness (QED) is 0.567. The summed E-state index contributed by atoms with van der Waals surface area (Å²) in [6.45, 7) is 3.42. The van der Waals surface area contributed by atoms with Gasteiger partial charge in [0.25, 0.3) is 0 Å². The van der Waals surface area contributed by atoms with Gasteiger partial charge in [-0.25, -0.2) is 0 Å². The Labute approximate surface area is 167 Å². The van der Waals surface area contributed by atoms with Crippen molar-refractivity contribution in [3.05, 3.63) is 46.6 Å². The van der Waals surface area contributed by atoms with Crippen LogP contribution in [0.5, 0.6) is 23.0 Å². The molecule has 29 heavy (non-hydrogen) atoms. The number of nitrogens with zero attached hydrogens (tertiary/aromatic N) is 1. The molecule has 2 heterocycles. The molecule has 0 atom stereocenters. The van der Waals surface area contributed by atoms with Crippen molar-refractivity contribution in [1.29, 1.82) is 0 Å². The summed E-state index contributed by atoms with van der Waals surface area (Å²) in [5.74, 6) is -0.158. The van der Waals surface area contributed by atoms with Gasteiger partial charge >= 0.3 is 0 Å². The van der Waals surface area contributed by atoms with Crippen molar-refractivity contribution in [3.8, 4) is 34.3 Å². The highest BCUT2D eigenvalue weighted by Crippen LogP contribution is 2.34. The molecule has 0 unspecified atom stereocenters. The molecule has 3 aromatic rings. The Morgan fingerprint density at radius 3 is 2.48 bits per heavy atom. The summed E-state index contributed by atoms with van der Waals surface area (Å²) in [5, 5.41) is 29.5. The highest BCUT2D eigenvalue weighted by atomic mass is 16.5. The van der Waals surface area contributed by atoms with Crippen molar-refractivity contribution in [2.24, 2.45) is 0 Å². The zero-order chi connectivity index (χ0) is 20.4. The second-order valence-corrected chi connectivity index (χ2v) is 7.24. The first-order valence-corrected chi connectivity index (χ1v) is 9.69. The molecule has 152 valence electrons. The van der Waals surface area contributed by atoms with E-state index in [4.69, 9.17) is 9.15 Å². The molecule has 1 aliphatic rings. The van der Waals surface area contributed by atoms with Crippen LogP contribution in [0.2, 0.25) is 0 Å². The molecule has 4 rings (SSSR count). The summed E-state index contributed by atoms with van der Waals surface area (Å²) in [5.41, 5.74) is 0.203. The standard InChI is InChI=1S/C22H23NO6/c24-16-5-4-14(10-17(16)25)20-13-19(27)22-18(26)11-15(12-21(22)29-20)28-9-8-23-6-2-1-3-7-23/h4-5,10-13,24-26H,1-3,6-9H2. The summed E-state index contributed by atoms with van der Waals surface area (Å²) in [7, 11) is 0. The average Bonchev–Trinajstić information content (AvgIpc) is 2.70. The second kappa shape index (κ2) is 8.05. The van der Waals surface area contributed by atoms with Crippen molar-refractivity contribution in [2.45, 2.75) is 19.3 Å². The molecule has 1 aromatic heterocycles. The van der Waals surface area contributed by atoms with E-state index in [0.717, 1.165) is 19.6 Å². The molecule has 3 N–H and O–H groups in total. The predicted molar refractivity (Wildman–Crippen MR) is 109 cm³/mol. The monoisotopic (exact) mass is 397 g/mol. The van der Waals surface area contributed by atoms with E-state index in [1.807, 2.05) is 0 Å². The fraction of sp³-hybridized carbons (Fsp3) is 0.318. The van der Waals surface area contributed by atoms with Crippen molar-refractivity contribution in [3.63, 3.8) is 0 Å². The lowest BCUT2D eigenvalue weighted by Crippen LogP contribution is -2.33. The number of hydrogen-bond acceptors (Lipinski definition) is 7. The minimum Gasteiger partial charge on any atom is -0.507 e. The van der Waals surface area contributed by atoms with Gasteiger partial charge in [0.05, 0.1) is 0 Å². The largest absolute Gasteiger partial charge is 0.507 e. The van der Waals surface area contributed by atoms with Gasteiger partial charge in [0, 0.05) is 30.3 Å². The number of hydrogen-bond donors (Lipinski definition) is 3. The fourth-order valence-electron chi connectivity index (χ4n) is 3.62. The molecule has 1 aliphatic heterocycles. The summed E-state index contributed by atoms with van der Waals surface area (Å²) in [6.07, 6.45) is 3.69. The molecule has 1 fully saturated rings. The van der Waals surface area contributed by atoms with Crippen LogP contribution in [-0.4, -0.2) is 46.5 Å². The van der Waals surface area contributed by atoms with Gasteiger partial charge in [-0.2, -0.15) is 0 Å². The van der Waals surface area contributed by atoms with Gasteiger partial charge in [0.1, 0.15) is 34.8 Å². The lowest BCUT2D eigenvalue weighted by molar-refractivity contribution is 0.183. The van der Waals surface area contributed by atoms with E-state index in [2.05, 4.69) is 4.90 Å². The molecule has 7 heteroatoms.